The standard InChI is InChI=1S/C14H11F2IN2O/c15-9-1-6-12(16)13(7-9)19-14(20)8-18-11-4-2-10(17)3-5-11/h1-7,18H,8H2,(H,19,20). The fourth-order valence-electron chi connectivity index (χ4n) is 1.54. The molecule has 0 bridgehead atoms. The van der Waals surface area contributed by atoms with E-state index in [9.17, 15) is 13.6 Å². The predicted molar refractivity (Wildman–Crippen MR) is 82.6 cm³/mol. The fraction of sp³-hybridized carbons (Fsp3) is 0.0714. The lowest BCUT2D eigenvalue weighted by Gasteiger charge is -2.08. The van der Waals surface area contributed by atoms with Gasteiger partial charge in [-0.25, -0.2) is 8.78 Å². The normalized spacial score (nSPS) is 10.2. The molecular formula is C14H11F2IN2O. The SMILES string of the molecule is O=C(CNc1ccc(I)cc1)Nc1cc(F)ccc1F. The van der Waals surface area contributed by atoms with Gasteiger partial charge in [0.2, 0.25) is 5.91 Å². The molecule has 0 fully saturated rings. The van der Waals surface area contributed by atoms with Crippen molar-refractivity contribution in [1.29, 1.82) is 0 Å². The minimum Gasteiger partial charge on any atom is -0.376 e. The van der Waals surface area contributed by atoms with Crippen molar-refractivity contribution in [3.8, 4) is 0 Å². The third-order valence-corrected chi connectivity index (χ3v) is 3.22. The topological polar surface area (TPSA) is 41.1 Å². The van der Waals surface area contributed by atoms with E-state index in [1.54, 1.807) is 0 Å². The molecule has 1 amide bonds. The van der Waals surface area contributed by atoms with Crippen molar-refractivity contribution in [3.05, 3.63) is 57.7 Å². The number of anilines is 2. The molecule has 0 aliphatic rings. The summed E-state index contributed by atoms with van der Waals surface area (Å²) in [4.78, 5) is 11.7. The summed E-state index contributed by atoms with van der Waals surface area (Å²) >= 11 is 2.18. The quantitative estimate of drug-likeness (QED) is 0.786. The van der Waals surface area contributed by atoms with Gasteiger partial charge in [0.1, 0.15) is 11.6 Å². The monoisotopic (exact) mass is 388 g/mol. The molecule has 0 unspecified atom stereocenters. The highest BCUT2D eigenvalue weighted by molar-refractivity contribution is 14.1. The average molecular weight is 388 g/mol. The van der Waals surface area contributed by atoms with Gasteiger partial charge in [0.25, 0.3) is 0 Å². The van der Waals surface area contributed by atoms with Crippen LogP contribution in [0.1, 0.15) is 0 Å². The zero-order chi connectivity index (χ0) is 14.5. The van der Waals surface area contributed by atoms with Crippen molar-refractivity contribution in [3.63, 3.8) is 0 Å². The highest BCUT2D eigenvalue weighted by Gasteiger charge is 2.08. The highest BCUT2D eigenvalue weighted by atomic mass is 127. The summed E-state index contributed by atoms with van der Waals surface area (Å²) < 4.78 is 27.4. The van der Waals surface area contributed by atoms with Crippen LogP contribution in [0.5, 0.6) is 0 Å². The van der Waals surface area contributed by atoms with Crippen molar-refractivity contribution >= 4 is 39.9 Å². The van der Waals surface area contributed by atoms with E-state index in [0.717, 1.165) is 27.5 Å². The van der Waals surface area contributed by atoms with Gasteiger partial charge in [0, 0.05) is 15.3 Å². The number of hydrogen-bond donors (Lipinski definition) is 2. The van der Waals surface area contributed by atoms with E-state index in [4.69, 9.17) is 0 Å². The molecule has 2 aromatic rings. The van der Waals surface area contributed by atoms with Crippen LogP contribution in [-0.2, 0) is 4.79 Å². The lowest BCUT2D eigenvalue weighted by molar-refractivity contribution is -0.114. The maximum Gasteiger partial charge on any atom is 0.243 e. The van der Waals surface area contributed by atoms with Gasteiger partial charge in [0.05, 0.1) is 12.2 Å². The lowest BCUT2D eigenvalue weighted by atomic mass is 10.3. The van der Waals surface area contributed by atoms with Crippen LogP contribution < -0.4 is 10.6 Å². The molecule has 0 radical (unpaired) electrons. The van der Waals surface area contributed by atoms with E-state index in [1.807, 2.05) is 24.3 Å². The Balaban J connectivity index is 1.92. The van der Waals surface area contributed by atoms with E-state index in [2.05, 4.69) is 33.2 Å². The first-order chi connectivity index (χ1) is 9.54. The van der Waals surface area contributed by atoms with Gasteiger partial charge in [-0.05, 0) is 59.0 Å². The molecule has 2 aromatic carbocycles. The van der Waals surface area contributed by atoms with Gasteiger partial charge in [-0.15, -0.1) is 0 Å². The third-order valence-electron chi connectivity index (χ3n) is 2.50. The Morgan fingerprint density at radius 3 is 2.50 bits per heavy atom. The smallest absolute Gasteiger partial charge is 0.243 e. The summed E-state index contributed by atoms with van der Waals surface area (Å²) in [5.74, 6) is -1.73. The summed E-state index contributed by atoms with van der Waals surface area (Å²) in [6, 6.07) is 10.4. The molecular weight excluding hydrogens is 377 g/mol. The van der Waals surface area contributed by atoms with Gasteiger partial charge in [-0.1, -0.05) is 0 Å². The van der Waals surface area contributed by atoms with Gasteiger partial charge in [-0.2, -0.15) is 0 Å². The van der Waals surface area contributed by atoms with E-state index >= 15 is 0 Å². The van der Waals surface area contributed by atoms with Crippen molar-refractivity contribution in [1.82, 2.24) is 0 Å². The van der Waals surface area contributed by atoms with Gasteiger partial charge >= 0.3 is 0 Å². The average Bonchev–Trinajstić information content (AvgIpc) is 2.42. The molecule has 2 N–H and O–H groups in total. The summed E-state index contributed by atoms with van der Waals surface area (Å²) in [6.45, 7) is -0.0312. The second-order valence-corrected chi connectivity index (χ2v) is 5.28. The number of halogens is 3. The van der Waals surface area contributed by atoms with Crippen LogP contribution in [-0.4, -0.2) is 12.5 Å². The van der Waals surface area contributed by atoms with Gasteiger partial charge in [-0.3, -0.25) is 4.79 Å². The highest BCUT2D eigenvalue weighted by Crippen LogP contribution is 2.15. The molecule has 20 heavy (non-hydrogen) atoms. The molecule has 3 nitrogen and oxygen atoms in total. The number of amides is 1. The molecule has 0 aliphatic heterocycles. The number of carbonyl (C=O) groups is 1. The minimum absolute atomic E-state index is 0.0312. The van der Waals surface area contributed by atoms with Crippen molar-refractivity contribution in [2.75, 3.05) is 17.2 Å². The van der Waals surface area contributed by atoms with Crippen LogP contribution in [0, 0.1) is 15.2 Å². The molecule has 2 rings (SSSR count). The van der Waals surface area contributed by atoms with Crippen LogP contribution in [0.3, 0.4) is 0 Å². The van der Waals surface area contributed by atoms with Crippen LogP contribution in [0.4, 0.5) is 20.2 Å². The van der Waals surface area contributed by atoms with Crippen molar-refractivity contribution in [2.45, 2.75) is 0 Å². The Labute approximate surface area is 128 Å². The molecule has 0 spiro atoms. The zero-order valence-electron chi connectivity index (χ0n) is 10.3. The zero-order valence-corrected chi connectivity index (χ0v) is 12.4. The summed E-state index contributed by atoms with van der Waals surface area (Å²) in [7, 11) is 0. The minimum atomic E-state index is -0.672. The molecule has 0 aromatic heterocycles. The Hall–Kier alpha value is -1.70. The molecule has 104 valence electrons. The number of benzene rings is 2. The number of carbonyl (C=O) groups excluding carboxylic acids is 1. The predicted octanol–water partition coefficient (Wildman–Crippen LogP) is 3.62. The lowest BCUT2D eigenvalue weighted by Crippen LogP contribution is -2.22. The Morgan fingerprint density at radius 1 is 1.10 bits per heavy atom. The number of hydrogen-bond acceptors (Lipinski definition) is 2. The second kappa shape index (κ2) is 6.65. The second-order valence-electron chi connectivity index (χ2n) is 4.03. The molecule has 0 saturated carbocycles. The maximum absolute atomic E-state index is 13.3. The first kappa shape index (κ1) is 14.7. The fourth-order valence-corrected chi connectivity index (χ4v) is 1.90. The van der Waals surface area contributed by atoms with Gasteiger partial charge in [0.15, 0.2) is 0 Å². The van der Waals surface area contributed by atoms with E-state index < -0.39 is 17.5 Å². The molecule has 6 heteroatoms. The molecule has 0 aliphatic carbocycles. The molecule has 0 atom stereocenters. The van der Waals surface area contributed by atoms with Crippen molar-refractivity contribution in [2.24, 2.45) is 0 Å². The Bertz CT molecular complexity index is 617. The van der Waals surface area contributed by atoms with E-state index in [1.165, 1.54) is 0 Å². The molecule has 0 saturated heterocycles. The van der Waals surface area contributed by atoms with Crippen LogP contribution in [0.25, 0.3) is 0 Å². The number of nitrogens with one attached hydrogen (secondary N) is 2. The Kier molecular flexibility index (Phi) is 4.89. The van der Waals surface area contributed by atoms with E-state index in [0.29, 0.717) is 0 Å². The maximum atomic E-state index is 13.3. The van der Waals surface area contributed by atoms with Crippen LogP contribution >= 0.6 is 22.6 Å². The Morgan fingerprint density at radius 2 is 1.80 bits per heavy atom. The first-order valence-corrected chi connectivity index (χ1v) is 6.87. The summed E-state index contributed by atoms with van der Waals surface area (Å²) in [5, 5.41) is 5.21. The van der Waals surface area contributed by atoms with E-state index in [-0.39, 0.29) is 12.2 Å². The molecule has 0 heterocycles. The van der Waals surface area contributed by atoms with Crippen LogP contribution in [0.2, 0.25) is 0 Å². The van der Waals surface area contributed by atoms with Crippen molar-refractivity contribution < 1.29 is 13.6 Å². The summed E-state index contributed by atoms with van der Waals surface area (Å²) in [6.07, 6.45) is 0. The van der Waals surface area contributed by atoms with Crippen LogP contribution in [0.15, 0.2) is 42.5 Å². The van der Waals surface area contributed by atoms with Gasteiger partial charge < -0.3 is 10.6 Å². The first-order valence-electron chi connectivity index (χ1n) is 5.79. The summed E-state index contributed by atoms with van der Waals surface area (Å²) in [5.41, 5.74) is 0.611. The largest absolute Gasteiger partial charge is 0.376 e. The number of rotatable bonds is 4. The third kappa shape index (κ3) is 4.16.